The Labute approximate surface area is 161 Å². The Balaban J connectivity index is 1.95. The lowest BCUT2D eigenvalue weighted by atomic mass is 9.96. The lowest BCUT2D eigenvalue weighted by molar-refractivity contribution is 0.0698. The van der Waals surface area contributed by atoms with Gasteiger partial charge in [0.1, 0.15) is 5.69 Å². The Morgan fingerprint density at radius 1 is 1.04 bits per heavy atom. The second-order valence-corrected chi connectivity index (χ2v) is 6.41. The first kappa shape index (κ1) is 17.5. The average molecular weight is 374 g/mol. The van der Waals surface area contributed by atoms with Gasteiger partial charge in [-0.3, -0.25) is 0 Å². The van der Waals surface area contributed by atoms with Gasteiger partial charge in [-0.05, 0) is 32.0 Å². The molecule has 0 unspecified atom stereocenters. The number of nitrogen functional groups attached to an aromatic ring is 1. The number of benzene rings is 2. The van der Waals surface area contributed by atoms with E-state index < -0.39 is 5.97 Å². The van der Waals surface area contributed by atoms with Crippen LogP contribution in [0.5, 0.6) is 0 Å². The number of aromatic carboxylic acids is 1. The van der Waals surface area contributed by atoms with Crippen LogP contribution in [-0.4, -0.2) is 26.0 Å². The van der Waals surface area contributed by atoms with Gasteiger partial charge in [0.2, 0.25) is 5.88 Å². The minimum absolute atomic E-state index is 0.0648. The lowest BCUT2D eigenvalue weighted by Crippen LogP contribution is -2.01. The van der Waals surface area contributed by atoms with E-state index in [1.165, 1.54) is 6.07 Å². The van der Waals surface area contributed by atoms with Gasteiger partial charge in [0.25, 0.3) is 0 Å². The van der Waals surface area contributed by atoms with Crippen LogP contribution in [0.4, 0.5) is 5.88 Å². The quantitative estimate of drug-likeness (QED) is 0.557. The highest BCUT2D eigenvalue weighted by molar-refractivity contribution is 6.00. The van der Waals surface area contributed by atoms with Gasteiger partial charge in [-0.15, -0.1) is 0 Å². The molecule has 4 rings (SSSR count). The topological polar surface area (TPSA) is 107 Å². The van der Waals surface area contributed by atoms with E-state index >= 15 is 0 Å². The maximum Gasteiger partial charge on any atom is 0.336 e. The normalized spacial score (nSPS) is 10.9. The van der Waals surface area contributed by atoms with E-state index in [-0.39, 0.29) is 11.4 Å². The number of para-hydroxylation sites is 1. The molecule has 3 N–H and O–H groups in total. The number of carboxylic acid groups (broad SMARTS) is 1. The fourth-order valence-electron chi connectivity index (χ4n) is 3.43. The van der Waals surface area contributed by atoms with Gasteiger partial charge in [-0.1, -0.05) is 41.6 Å². The minimum atomic E-state index is -1.05. The van der Waals surface area contributed by atoms with Gasteiger partial charge in [0, 0.05) is 11.1 Å². The molecule has 0 aliphatic heterocycles. The molecule has 2 heterocycles. The van der Waals surface area contributed by atoms with E-state index in [2.05, 4.69) is 10.3 Å². The second-order valence-electron chi connectivity index (χ2n) is 6.41. The molecule has 0 fully saturated rings. The summed E-state index contributed by atoms with van der Waals surface area (Å²) in [6.45, 7) is 3.81. The predicted octanol–water partition coefficient (Wildman–Crippen LogP) is 4.09. The molecule has 0 saturated heterocycles. The molecule has 140 valence electrons. The van der Waals surface area contributed by atoms with Gasteiger partial charge in [0.05, 0.1) is 28.2 Å². The number of aryl methyl sites for hydroxylation is 1. The zero-order valence-corrected chi connectivity index (χ0v) is 15.4. The van der Waals surface area contributed by atoms with Crippen molar-refractivity contribution in [1.82, 2.24) is 14.9 Å². The van der Waals surface area contributed by atoms with Crippen molar-refractivity contribution in [2.75, 3.05) is 5.73 Å². The minimum Gasteiger partial charge on any atom is -0.478 e. The van der Waals surface area contributed by atoms with Gasteiger partial charge in [0.15, 0.2) is 0 Å². The SMILES string of the molecule is Cc1nn(-c2ccccc2)c(C)c1-c1noc(N)c1-c1ccccc1C(=O)O. The molecule has 2 aromatic carbocycles. The molecule has 28 heavy (non-hydrogen) atoms. The predicted molar refractivity (Wildman–Crippen MR) is 105 cm³/mol. The van der Waals surface area contributed by atoms with Crippen molar-refractivity contribution in [2.45, 2.75) is 13.8 Å². The first-order valence-corrected chi connectivity index (χ1v) is 8.69. The van der Waals surface area contributed by atoms with Crippen LogP contribution in [0.3, 0.4) is 0 Å². The third-order valence-corrected chi connectivity index (χ3v) is 4.67. The Kier molecular flexibility index (Phi) is 4.19. The molecule has 0 aliphatic carbocycles. The van der Waals surface area contributed by atoms with E-state index in [1.807, 2.05) is 48.9 Å². The fourth-order valence-corrected chi connectivity index (χ4v) is 3.43. The zero-order valence-electron chi connectivity index (χ0n) is 15.4. The Hall–Kier alpha value is -3.87. The third kappa shape index (κ3) is 2.73. The number of rotatable bonds is 4. The smallest absolute Gasteiger partial charge is 0.336 e. The van der Waals surface area contributed by atoms with Crippen LogP contribution in [0.2, 0.25) is 0 Å². The second kappa shape index (κ2) is 6.70. The number of hydrogen-bond acceptors (Lipinski definition) is 5. The van der Waals surface area contributed by atoms with Crippen molar-refractivity contribution in [3.8, 4) is 28.1 Å². The lowest BCUT2D eigenvalue weighted by Gasteiger charge is -2.07. The zero-order chi connectivity index (χ0) is 19.8. The van der Waals surface area contributed by atoms with Crippen molar-refractivity contribution < 1.29 is 14.4 Å². The van der Waals surface area contributed by atoms with Crippen LogP contribution in [0.25, 0.3) is 28.1 Å². The van der Waals surface area contributed by atoms with Crippen molar-refractivity contribution in [2.24, 2.45) is 0 Å². The van der Waals surface area contributed by atoms with Gasteiger partial charge < -0.3 is 15.4 Å². The van der Waals surface area contributed by atoms with Gasteiger partial charge in [-0.25, -0.2) is 9.48 Å². The fraction of sp³-hybridized carbons (Fsp3) is 0.0952. The maximum absolute atomic E-state index is 11.7. The number of anilines is 1. The number of hydrogen-bond donors (Lipinski definition) is 2. The van der Waals surface area contributed by atoms with Crippen molar-refractivity contribution in [3.63, 3.8) is 0 Å². The van der Waals surface area contributed by atoms with Gasteiger partial charge >= 0.3 is 5.97 Å². The summed E-state index contributed by atoms with van der Waals surface area (Å²) < 4.78 is 7.08. The number of carbonyl (C=O) groups is 1. The summed E-state index contributed by atoms with van der Waals surface area (Å²) in [5, 5.41) is 18.4. The summed E-state index contributed by atoms with van der Waals surface area (Å²) in [6.07, 6.45) is 0. The largest absolute Gasteiger partial charge is 0.478 e. The monoisotopic (exact) mass is 374 g/mol. The number of nitrogens with zero attached hydrogens (tertiary/aromatic N) is 3. The van der Waals surface area contributed by atoms with E-state index in [1.54, 1.807) is 18.2 Å². The molecule has 0 atom stereocenters. The standard InChI is InChI=1S/C21H18N4O3/c1-12-17(13(2)25(23-12)14-8-4-3-5-9-14)19-18(20(22)28-24-19)15-10-6-7-11-16(15)21(26)27/h3-11H,22H2,1-2H3,(H,26,27). The third-order valence-electron chi connectivity index (χ3n) is 4.67. The molecule has 7 nitrogen and oxygen atoms in total. The van der Waals surface area contributed by atoms with Crippen molar-refractivity contribution in [1.29, 1.82) is 0 Å². The highest BCUT2D eigenvalue weighted by Crippen LogP contribution is 2.40. The van der Waals surface area contributed by atoms with Crippen LogP contribution in [0.1, 0.15) is 21.7 Å². The first-order valence-electron chi connectivity index (χ1n) is 8.69. The summed E-state index contributed by atoms with van der Waals surface area (Å²) in [5.74, 6) is -0.981. The molecule has 0 saturated carbocycles. The maximum atomic E-state index is 11.7. The van der Waals surface area contributed by atoms with E-state index in [9.17, 15) is 9.90 Å². The Bertz CT molecular complexity index is 1180. The van der Waals surface area contributed by atoms with E-state index in [0.717, 1.165) is 22.6 Å². The number of nitrogens with two attached hydrogens (primary N) is 1. The molecular weight excluding hydrogens is 356 g/mol. The Morgan fingerprint density at radius 3 is 2.43 bits per heavy atom. The molecule has 0 amide bonds. The number of aromatic nitrogens is 3. The molecule has 4 aromatic rings. The summed E-state index contributed by atoms with van der Waals surface area (Å²) in [7, 11) is 0. The van der Waals surface area contributed by atoms with Gasteiger partial charge in [-0.2, -0.15) is 5.10 Å². The molecule has 0 aliphatic rings. The molecule has 0 bridgehead atoms. The molecule has 2 aromatic heterocycles. The summed E-state index contributed by atoms with van der Waals surface area (Å²) in [5.41, 5.74) is 10.8. The highest BCUT2D eigenvalue weighted by Gasteiger charge is 2.26. The van der Waals surface area contributed by atoms with Crippen LogP contribution >= 0.6 is 0 Å². The average Bonchev–Trinajstić information content (AvgIpc) is 3.21. The molecule has 0 spiro atoms. The van der Waals surface area contributed by atoms with E-state index in [0.29, 0.717) is 16.8 Å². The van der Waals surface area contributed by atoms with E-state index in [4.69, 9.17) is 10.3 Å². The van der Waals surface area contributed by atoms with Crippen molar-refractivity contribution >= 4 is 11.9 Å². The molecule has 0 radical (unpaired) electrons. The molecular formula is C21H18N4O3. The highest BCUT2D eigenvalue weighted by atomic mass is 16.5. The van der Waals surface area contributed by atoms with Crippen LogP contribution in [0.15, 0.2) is 59.1 Å². The summed E-state index contributed by atoms with van der Waals surface area (Å²) >= 11 is 0. The van der Waals surface area contributed by atoms with Crippen LogP contribution in [-0.2, 0) is 0 Å². The van der Waals surface area contributed by atoms with Crippen LogP contribution < -0.4 is 5.73 Å². The summed E-state index contributed by atoms with van der Waals surface area (Å²) in [6, 6.07) is 16.4. The Morgan fingerprint density at radius 2 is 1.71 bits per heavy atom. The first-order chi connectivity index (χ1) is 13.5. The molecule has 7 heteroatoms. The number of carboxylic acids is 1. The van der Waals surface area contributed by atoms with Crippen molar-refractivity contribution in [3.05, 3.63) is 71.5 Å². The summed E-state index contributed by atoms with van der Waals surface area (Å²) in [4.78, 5) is 11.7. The van der Waals surface area contributed by atoms with Crippen LogP contribution in [0, 0.1) is 13.8 Å².